The normalized spacial score (nSPS) is 14.0. The number of anilines is 4. The number of ether oxygens (including phenoxy) is 1. The maximum atomic E-state index is 5.26. The van der Waals surface area contributed by atoms with Crippen molar-refractivity contribution in [2.45, 2.75) is 13.8 Å². The zero-order valence-electron chi connectivity index (χ0n) is 17.2. The van der Waals surface area contributed by atoms with E-state index in [1.54, 1.807) is 7.11 Å². The SMILES string of the molecule is COc1ccc(N2CCN(c3cc(Nc4ccc(C)cc4)nc(C)n3)CC2)cc1. The van der Waals surface area contributed by atoms with Crippen LogP contribution < -0.4 is 19.9 Å². The lowest BCUT2D eigenvalue weighted by Crippen LogP contribution is -2.46. The molecule has 2 aromatic carbocycles. The lowest BCUT2D eigenvalue weighted by Gasteiger charge is -2.37. The Morgan fingerprint density at radius 1 is 0.828 bits per heavy atom. The van der Waals surface area contributed by atoms with Crippen LogP contribution in [-0.2, 0) is 0 Å². The van der Waals surface area contributed by atoms with Crippen LogP contribution in [0.5, 0.6) is 5.75 Å². The van der Waals surface area contributed by atoms with Crippen molar-refractivity contribution < 1.29 is 4.74 Å². The van der Waals surface area contributed by atoms with Crippen molar-refractivity contribution in [2.75, 3.05) is 48.4 Å². The molecule has 0 atom stereocenters. The van der Waals surface area contributed by atoms with Gasteiger partial charge in [-0.25, -0.2) is 9.97 Å². The molecule has 2 heterocycles. The van der Waals surface area contributed by atoms with Crippen molar-refractivity contribution in [1.82, 2.24) is 9.97 Å². The molecule has 6 nitrogen and oxygen atoms in total. The van der Waals surface area contributed by atoms with Gasteiger partial charge in [-0.3, -0.25) is 0 Å². The molecule has 3 aromatic rings. The van der Waals surface area contributed by atoms with Crippen molar-refractivity contribution in [3.05, 3.63) is 66.0 Å². The number of benzene rings is 2. The van der Waals surface area contributed by atoms with Gasteiger partial charge in [-0.05, 0) is 50.2 Å². The summed E-state index contributed by atoms with van der Waals surface area (Å²) in [6.45, 7) is 7.78. The standard InChI is InChI=1S/C23H27N5O/c1-17-4-6-19(7-5-17)26-22-16-23(25-18(2)24-22)28-14-12-27(13-15-28)20-8-10-21(29-3)11-9-20/h4-11,16H,12-15H2,1-3H3,(H,24,25,26). The Kier molecular flexibility index (Phi) is 5.51. The molecule has 0 aliphatic carbocycles. The van der Waals surface area contributed by atoms with Crippen LogP contribution in [0, 0.1) is 13.8 Å². The van der Waals surface area contributed by atoms with Gasteiger partial charge in [-0.15, -0.1) is 0 Å². The Morgan fingerprint density at radius 2 is 1.48 bits per heavy atom. The molecule has 0 saturated carbocycles. The van der Waals surface area contributed by atoms with Gasteiger partial charge in [0.25, 0.3) is 0 Å². The van der Waals surface area contributed by atoms with E-state index in [1.165, 1.54) is 11.3 Å². The highest BCUT2D eigenvalue weighted by Gasteiger charge is 2.19. The zero-order valence-corrected chi connectivity index (χ0v) is 17.2. The number of hydrogen-bond acceptors (Lipinski definition) is 6. The van der Waals surface area contributed by atoms with E-state index in [9.17, 15) is 0 Å². The second kappa shape index (κ2) is 8.39. The molecule has 29 heavy (non-hydrogen) atoms. The molecule has 150 valence electrons. The Morgan fingerprint density at radius 3 is 2.14 bits per heavy atom. The van der Waals surface area contributed by atoms with E-state index in [-0.39, 0.29) is 0 Å². The van der Waals surface area contributed by atoms with E-state index >= 15 is 0 Å². The van der Waals surface area contributed by atoms with Crippen molar-refractivity contribution in [1.29, 1.82) is 0 Å². The maximum Gasteiger partial charge on any atom is 0.136 e. The van der Waals surface area contributed by atoms with Gasteiger partial charge >= 0.3 is 0 Å². The molecular weight excluding hydrogens is 362 g/mol. The highest BCUT2D eigenvalue weighted by Crippen LogP contribution is 2.24. The number of rotatable bonds is 5. The van der Waals surface area contributed by atoms with Crippen LogP contribution in [0.25, 0.3) is 0 Å². The number of nitrogens with zero attached hydrogens (tertiary/aromatic N) is 4. The summed E-state index contributed by atoms with van der Waals surface area (Å²) in [5.41, 5.74) is 3.50. The first-order valence-corrected chi connectivity index (χ1v) is 9.94. The molecule has 0 radical (unpaired) electrons. The van der Waals surface area contributed by atoms with Crippen molar-refractivity contribution >= 4 is 23.0 Å². The minimum atomic E-state index is 0.773. The Bertz CT molecular complexity index is 948. The predicted octanol–water partition coefficient (Wildman–Crippen LogP) is 4.17. The molecule has 0 amide bonds. The molecule has 1 N–H and O–H groups in total. The third kappa shape index (κ3) is 4.59. The van der Waals surface area contributed by atoms with Crippen LogP contribution in [0.4, 0.5) is 23.0 Å². The molecule has 0 unspecified atom stereocenters. The van der Waals surface area contributed by atoms with E-state index in [0.29, 0.717) is 0 Å². The summed E-state index contributed by atoms with van der Waals surface area (Å²) in [6, 6.07) is 18.6. The number of aryl methyl sites for hydroxylation is 2. The third-order valence-electron chi connectivity index (χ3n) is 5.19. The highest BCUT2D eigenvalue weighted by atomic mass is 16.5. The van der Waals surface area contributed by atoms with Crippen molar-refractivity contribution in [3.63, 3.8) is 0 Å². The van der Waals surface area contributed by atoms with E-state index < -0.39 is 0 Å². The molecule has 6 heteroatoms. The van der Waals surface area contributed by atoms with Crippen LogP contribution >= 0.6 is 0 Å². The largest absolute Gasteiger partial charge is 0.497 e. The quantitative estimate of drug-likeness (QED) is 0.707. The van der Waals surface area contributed by atoms with Gasteiger partial charge in [0.15, 0.2) is 0 Å². The second-order valence-corrected chi connectivity index (χ2v) is 7.32. The van der Waals surface area contributed by atoms with Crippen LogP contribution in [-0.4, -0.2) is 43.3 Å². The van der Waals surface area contributed by atoms with Crippen molar-refractivity contribution in [3.8, 4) is 5.75 Å². The first kappa shape index (κ1) is 19.1. The number of nitrogens with one attached hydrogen (secondary N) is 1. The lowest BCUT2D eigenvalue weighted by atomic mass is 10.2. The summed E-state index contributed by atoms with van der Waals surface area (Å²) in [5.74, 6) is 3.46. The predicted molar refractivity (Wildman–Crippen MR) is 119 cm³/mol. The fraction of sp³-hybridized carbons (Fsp3) is 0.304. The maximum absolute atomic E-state index is 5.26. The molecule has 1 aromatic heterocycles. The van der Waals surface area contributed by atoms with E-state index in [1.807, 2.05) is 25.1 Å². The van der Waals surface area contributed by atoms with Gasteiger partial charge < -0.3 is 19.9 Å². The minimum absolute atomic E-state index is 0.773. The summed E-state index contributed by atoms with van der Waals surface area (Å²) in [5, 5.41) is 3.40. The fourth-order valence-corrected chi connectivity index (χ4v) is 3.55. The van der Waals surface area contributed by atoms with E-state index in [4.69, 9.17) is 4.74 Å². The van der Waals surface area contributed by atoms with Crippen LogP contribution in [0.15, 0.2) is 54.6 Å². The smallest absolute Gasteiger partial charge is 0.136 e. The number of hydrogen-bond donors (Lipinski definition) is 1. The number of methoxy groups -OCH3 is 1. The van der Waals surface area contributed by atoms with Gasteiger partial charge in [-0.1, -0.05) is 17.7 Å². The topological polar surface area (TPSA) is 53.5 Å². The monoisotopic (exact) mass is 389 g/mol. The van der Waals surface area contributed by atoms with Crippen molar-refractivity contribution in [2.24, 2.45) is 0 Å². The molecule has 1 aliphatic heterocycles. The Balaban J connectivity index is 1.43. The van der Waals surface area contributed by atoms with Gasteiger partial charge in [0.1, 0.15) is 23.2 Å². The van der Waals surface area contributed by atoms with Crippen LogP contribution in [0.1, 0.15) is 11.4 Å². The number of piperazine rings is 1. The molecule has 1 fully saturated rings. The first-order chi connectivity index (χ1) is 14.1. The summed E-state index contributed by atoms with van der Waals surface area (Å²) in [6.07, 6.45) is 0. The van der Waals surface area contributed by atoms with Gasteiger partial charge in [0.2, 0.25) is 0 Å². The van der Waals surface area contributed by atoms with Crippen LogP contribution in [0.3, 0.4) is 0 Å². The number of aromatic nitrogens is 2. The molecule has 4 rings (SSSR count). The second-order valence-electron chi connectivity index (χ2n) is 7.32. The average molecular weight is 390 g/mol. The third-order valence-corrected chi connectivity index (χ3v) is 5.19. The first-order valence-electron chi connectivity index (χ1n) is 9.94. The molecule has 1 saturated heterocycles. The Labute approximate surface area is 172 Å². The lowest BCUT2D eigenvalue weighted by molar-refractivity contribution is 0.415. The molecule has 0 bridgehead atoms. The summed E-state index contributed by atoms with van der Waals surface area (Å²) < 4.78 is 5.26. The summed E-state index contributed by atoms with van der Waals surface area (Å²) >= 11 is 0. The van der Waals surface area contributed by atoms with E-state index in [0.717, 1.165) is 55.1 Å². The highest BCUT2D eigenvalue weighted by molar-refractivity contribution is 5.60. The zero-order chi connectivity index (χ0) is 20.2. The minimum Gasteiger partial charge on any atom is -0.497 e. The molecule has 1 aliphatic rings. The van der Waals surface area contributed by atoms with Gasteiger partial charge in [-0.2, -0.15) is 0 Å². The molecular formula is C23H27N5O. The fourth-order valence-electron chi connectivity index (χ4n) is 3.55. The van der Waals surface area contributed by atoms with E-state index in [2.05, 4.69) is 68.4 Å². The van der Waals surface area contributed by atoms with Crippen LogP contribution in [0.2, 0.25) is 0 Å². The summed E-state index contributed by atoms with van der Waals surface area (Å²) in [7, 11) is 1.69. The Hall–Kier alpha value is -3.28. The average Bonchev–Trinajstić information content (AvgIpc) is 2.75. The molecule has 0 spiro atoms. The van der Waals surface area contributed by atoms with Gasteiger partial charge in [0, 0.05) is 43.6 Å². The van der Waals surface area contributed by atoms with Gasteiger partial charge in [0.05, 0.1) is 7.11 Å². The summed E-state index contributed by atoms with van der Waals surface area (Å²) in [4.78, 5) is 14.0.